The number of fused-ring (bicyclic) bond motifs is 1. The van der Waals surface area contributed by atoms with Crippen molar-refractivity contribution in [3.8, 4) is 5.75 Å². The molecule has 0 aliphatic heterocycles. The maximum atomic E-state index is 5.27. The van der Waals surface area contributed by atoms with Gasteiger partial charge in [-0.25, -0.2) is 4.99 Å². The molecule has 0 radical (unpaired) electrons. The van der Waals surface area contributed by atoms with Crippen LogP contribution >= 0.6 is 24.0 Å². The molecule has 2 rings (SSSR count). The summed E-state index contributed by atoms with van der Waals surface area (Å²) in [6.07, 6.45) is 0. The van der Waals surface area contributed by atoms with E-state index >= 15 is 0 Å². The summed E-state index contributed by atoms with van der Waals surface area (Å²) in [5.41, 5.74) is 1.17. The van der Waals surface area contributed by atoms with E-state index in [1.807, 2.05) is 12.1 Å². The molecule has 0 saturated carbocycles. The van der Waals surface area contributed by atoms with Crippen LogP contribution in [-0.4, -0.2) is 39.4 Å². The Balaban J connectivity index is 0.00000312. The summed E-state index contributed by atoms with van der Waals surface area (Å²) in [6.45, 7) is 6.21. The van der Waals surface area contributed by atoms with Crippen molar-refractivity contribution in [3.05, 3.63) is 42.0 Å². The van der Waals surface area contributed by atoms with Crippen molar-refractivity contribution in [3.63, 3.8) is 0 Å². The van der Waals surface area contributed by atoms with Gasteiger partial charge in [0, 0.05) is 19.7 Å². The first kappa shape index (κ1) is 21.5. The lowest BCUT2D eigenvalue weighted by molar-refractivity contribution is 0.179. The van der Waals surface area contributed by atoms with Gasteiger partial charge < -0.3 is 20.1 Å². The van der Waals surface area contributed by atoms with E-state index in [9.17, 15) is 0 Å². The summed E-state index contributed by atoms with van der Waals surface area (Å²) in [5.74, 6) is 1.68. The van der Waals surface area contributed by atoms with E-state index in [1.54, 1.807) is 14.2 Å². The molecule has 0 spiro atoms. The lowest BCUT2D eigenvalue weighted by atomic mass is 10.1. The summed E-state index contributed by atoms with van der Waals surface area (Å²) in [5, 5.41) is 8.96. The van der Waals surface area contributed by atoms with Gasteiger partial charge in [0.1, 0.15) is 5.75 Å². The molecule has 0 aromatic heterocycles. The molecule has 2 N–H and O–H groups in total. The summed E-state index contributed by atoms with van der Waals surface area (Å²) < 4.78 is 10.4. The zero-order valence-electron chi connectivity index (χ0n) is 15.3. The fourth-order valence-corrected chi connectivity index (χ4v) is 2.51. The molecular weight excluding hydrogens is 429 g/mol. The Morgan fingerprint density at radius 3 is 2.52 bits per heavy atom. The Morgan fingerprint density at radius 1 is 1.12 bits per heavy atom. The zero-order valence-corrected chi connectivity index (χ0v) is 17.7. The first-order chi connectivity index (χ1) is 11.7. The average molecular weight is 457 g/mol. The second-order valence-corrected chi connectivity index (χ2v) is 5.74. The summed E-state index contributed by atoms with van der Waals surface area (Å²) in [6, 6.07) is 12.7. The molecule has 6 heteroatoms. The molecule has 2 aromatic rings. The highest BCUT2D eigenvalue weighted by Gasteiger charge is 2.04. The fourth-order valence-electron chi connectivity index (χ4n) is 2.51. The van der Waals surface area contributed by atoms with Crippen LogP contribution in [0.1, 0.15) is 19.4 Å². The maximum Gasteiger partial charge on any atom is 0.191 e. The molecule has 1 atom stereocenters. The van der Waals surface area contributed by atoms with Gasteiger partial charge in [-0.3, -0.25) is 0 Å². The van der Waals surface area contributed by atoms with Gasteiger partial charge in [-0.1, -0.05) is 18.2 Å². The predicted octanol–water partition coefficient (Wildman–Crippen LogP) is 3.56. The van der Waals surface area contributed by atoms with Crippen molar-refractivity contribution in [2.75, 3.05) is 27.4 Å². The van der Waals surface area contributed by atoms with Gasteiger partial charge in [0.05, 0.1) is 20.3 Å². The largest absolute Gasteiger partial charge is 0.497 e. The number of nitrogens with one attached hydrogen (secondary N) is 2. The minimum Gasteiger partial charge on any atom is -0.497 e. The highest BCUT2D eigenvalue weighted by molar-refractivity contribution is 14.0. The number of hydrogen-bond acceptors (Lipinski definition) is 3. The smallest absolute Gasteiger partial charge is 0.191 e. The van der Waals surface area contributed by atoms with Gasteiger partial charge in [-0.15, -0.1) is 24.0 Å². The highest BCUT2D eigenvalue weighted by Crippen LogP contribution is 2.22. The molecule has 138 valence electrons. The standard InChI is InChI=1S/C19H27N3O2.HI/c1-5-20-19(22-14(2)13-23-3)21-12-15-6-7-17-11-18(24-4)9-8-16(17)10-15;/h6-11,14H,5,12-13H2,1-4H3,(H2,20,21,22);1H. The number of halogens is 1. The number of guanidine groups is 1. The number of hydrogen-bond donors (Lipinski definition) is 2. The van der Waals surface area contributed by atoms with Crippen LogP contribution in [-0.2, 0) is 11.3 Å². The number of nitrogens with zero attached hydrogens (tertiary/aromatic N) is 1. The van der Waals surface area contributed by atoms with Gasteiger partial charge in [-0.2, -0.15) is 0 Å². The lowest BCUT2D eigenvalue weighted by Gasteiger charge is -2.17. The third-order valence-corrected chi connectivity index (χ3v) is 3.68. The summed E-state index contributed by atoms with van der Waals surface area (Å²) in [4.78, 5) is 4.66. The second kappa shape index (κ2) is 11.1. The molecule has 0 aliphatic carbocycles. The first-order valence-corrected chi connectivity index (χ1v) is 8.26. The molecule has 0 amide bonds. The van der Waals surface area contributed by atoms with Crippen LogP contribution in [0.15, 0.2) is 41.4 Å². The number of ether oxygens (including phenoxy) is 2. The van der Waals surface area contributed by atoms with Crippen LogP contribution in [0.4, 0.5) is 0 Å². The topological polar surface area (TPSA) is 54.9 Å². The van der Waals surface area contributed by atoms with Gasteiger partial charge in [-0.05, 0) is 48.4 Å². The van der Waals surface area contributed by atoms with E-state index in [0.717, 1.165) is 18.3 Å². The second-order valence-electron chi connectivity index (χ2n) is 5.74. The average Bonchev–Trinajstić information content (AvgIpc) is 2.59. The monoisotopic (exact) mass is 457 g/mol. The van der Waals surface area contributed by atoms with E-state index in [-0.39, 0.29) is 30.0 Å². The van der Waals surface area contributed by atoms with Crippen LogP contribution in [0.25, 0.3) is 10.8 Å². The van der Waals surface area contributed by atoms with Crippen molar-refractivity contribution in [2.24, 2.45) is 4.99 Å². The molecule has 0 heterocycles. The third-order valence-electron chi connectivity index (χ3n) is 3.68. The minimum absolute atomic E-state index is 0. The fraction of sp³-hybridized carbons (Fsp3) is 0.421. The van der Waals surface area contributed by atoms with Gasteiger partial charge in [0.2, 0.25) is 0 Å². The number of aliphatic imine (C=N–C) groups is 1. The van der Waals surface area contributed by atoms with Crippen molar-refractivity contribution in [2.45, 2.75) is 26.4 Å². The summed E-state index contributed by atoms with van der Waals surface area (Å²) >= 11 is 0. The lowest BCUT2D eigenvalue weighted by Crippen LogP contribution is -2.43. The van der Waals surface area contributed by atoms with E-state index in [0.29, 0.717) is 13.2 Å². The molecule has 0 fully saturated rings. The molecule has 25 heavy (non-hydrogen) atoms. The molecule has 1 unspecified atom stereocenters. The van der Waals surface area contributed by atoms with Gasteiger partial charge >= 0.3 is 0 Å². The third kappa shape index (κ3) is 6.70. The Labute approximate surface area is 167 Å². The number of benzene rings is 2. The Bertz CT molecular complexity index is 691. The van der Waals surface area contributed by atoms with Crippen molar-refractivity contribution in [1.29, 1.82) is 0 Å². The van der Waals surface area contributed by atoms with Crippen LogP contribution in [0, 0.1) is 0 Å². The Kier molecular flexibility index (Phi) is 9.59. The normalized spacial score (nSPS) is 12.4. The predicted molar refractivity (Wildman–Crippen MR) is 115 cm³/mol. The zero-order chi connectivity index (χ0) is 17.4. The summed E-state index contributed by atoms with van der Waals surface area (Å²) in [7, 11) is 3.39. The first-order valence-electron chi connectivity index (χ1n) is 8.26. The van der Waals surface area contributed by atoms with E-state index in [2.05, 4.69) is 53.7 Å². The van der Waals surface area contributed by atoms with Crippen LogP contribution in [0.5, 0.6) is 5.75 Å². The number of methoxy groups -OCH3 is 2. The molecular formula is C19H28IN3O2. The van der Waals surface area contributed by atoms with Crippen LogP contribution in [0.3, 0.4) is 0 Å². The highest BCUT2D eigenvalue weighted by atomic mass is 127. The molecule has 0 bridgehead atoms. The van der Waals surface area contributed by atoms with Crippen molar-refractivity contribution in [1.82, 2.24) is 10.6 Å². The molecule has 5 nitrogen and oxygen atoms in total. The minimum atomic E-state index is 0. The molecule has 0 aliphatic rings. The van der Waals surface area contributed by atoms with Crippen molar-refractivity contribution >= 4 is 40.7 Å². The molecule has 2 aromatic carbocycles. The van der Waals surface area contributed by atoms with Crippen molar-refractivity contribution < 1.29 is 9.47 Å². The Hall–Kier alpha value is -1.54. The quantitative estimate of drug-likeness (QED) is 0.380. The van der Waals surface area contributed by atoms with Gasteiger partial charge in [0.15, 0.2) is 5.96 Å². The Morgan fingerprint density at radius 2 is 1.84 bits per heavy atom. The van der Waals surface area contributed by atoms with E-state index < -0.39 is 0 Å². The van der Waals surface area contributed by atoms with Crippen LogP contribution in [0.2, 0.25) is 0 Å². The SMILES string of the molecule is CCNC(=NCc1ccc2cc(OC)ccc2c1)NC(C)COC.I. The van der Waals surface area contributed by atoms with E-state index in [1.165, 1.54) is 16.3 Å². The maximum absolute atomic E-state index is 5.27. The van der Waals surface area contributed by atoms with Crippen LogP contribution < -0.4 is 15.4 Å². The van der Waals surface area contributed by atoms with E-state index in [4.69, 9.17) is 9.47 Å². The molecule has 0 saturated heterocycles. The van der Waals surface area contributed by atoms with Gasteiger partial charge in [0.25, 0.3) is 0 Å². The number of rotatable bonds is 7.